The van der Waals surface area contributed by atoms with Crippen LogP contribution >= 0.6 is 22.6 Å². The van der Waals surface area contributed by atoms with Gasteiger partial charge in [-0.05, 0) is 16.8 Å². The number of unbranched alkanes of at least 4 members (excludes halogenated alkanes) is 1. The van der Waals surface area contributed by atoms with E-state index in [1.807, 2.05) is 4.68 Å². The van der Waals surface area contributed by atoms with E-state index in [9.17, 15) is 0 Å². The second-order valence-corrected chi connectivity index (χ2v) is 3.07. The van der Waals surface area contributed by atoms with E-state index in [2.05, 4.69) is 45.0 Å². The zero-order valence-corrected chi connectivity index (χ0v) is 8.65. The summed E-state index contributed by atoms with van der Waals surface area (Å²) in [5, 5.41) is 11.4. The SMILES string of the molecule is CCCCn1nnnc1CI. The lowest BCUT2D eigenvalue weighted by Crippen LogP contribution is -2.03. The van der Waals surface area contributed by atoms with Gasteiger partial charge >= 0.3 is 0 Å². The van der Waals surface area contributed by atoms with E-state index in [-0.39, 0.29) is 0 Å². The van der Waals surface area contributed by atoms with Crippen molar-refractivity contribution in [1.82, 2.24) is 20.2 Å². The maximum atomic E-state index is 3.88. The Bertz CT molecular complexity index is 210. The molecule has 1 aromatic heterocycles. The Hall–Kier alpha value is -0.200. The molecule has 5 heteroatoms. The largest absolute Gasteiger partial charge is 0.229 e. The summed E-state index contributed by atoms with van der Waals surface area (Å²) in [5.74, 6) is 0.971. The Morgan fingerprint density at radius 3 is 3.00 bits per heavy atom. The number of alkyl halides is 1. The van der Waals surface area contributed by atoms with Gasteiger partial charge in [0, 0.05) is 6.54 Å². The van der Waals surface area contributed by atoms with Gasteiger partial charge in [0.05, 0.1) is 4.43 Å². The van der Waals surface area contributed by atoms with Crippen molar-refractivity contribution in [2.75, 3.05) is 0 Å². The van der Waals surface area contributed by atoms with E-state index in [0.717, 1.165) is 23.2 Å². The van der Waals surface area contributed by atoms with Crippen LogP contribution in [0.2, 0.25) is 0 Å². The van der Waals surface area contributed by atoms with Gasteiger partial charge in [-0.15, -0.1) is 5.10 Å². The summed E-state index contributed by atoms with van der Waals surface area (Å²) in [6.45, 7) is 3.11. The molecule has 4 nitrogen and oxygen atoms in total. The minimum Gasteiger partial charge on any atom is -0.229 e. The van der Waals surface area contributed by atoms with Crippen molar-refractivity contribution < 1.29 is 0 Å². The van der Waals surface area contributed by atoms with Gasteiger partial charge < -0.3 is 0 Å². The molecule has 0 aromatic carbocycles. The van der Waals surface area contributed by atoms with E-state index in [4.69, 9.17) is 0 Å². The van der Waals surface area contributed by atoms with Gasteiger partial charge in [0.1, 0.15) is 0 Å². The van der Waals surface area contributed by atoms with Crippen LogP contribution in [0, 0.1) is 0 Å². The third kappa shape index (κ3) is 2.39. The predicted molar refractivity (Wildman–Crippen MR) is 50.4 cm³/mol. The van der Waals surface area contributed by atoms with Crippen molar-refractivity contribution in [1.29, 1.82) is 0 Å². The number of hydrogen-bond donors (Lipinski definition) is 0. The van der Waals surface area contributed by atoms with Crippen LogP contribution in [0.25, 0.3) is 0 Å². The summed E-state index contributed by atoms with van der Waals surface area (Å²) >= 11 is 2.26. The molecular formula is C6H11IN4. The number of aromatic nitrogens is 4. The van der Waals surface area contributed by atoms with E-state index in [1.54, 1.807) is 0 Å². The topological polar surface area (TPSA) is 43.6 Å². The highest BCUT2D eigenvalue weighted by molar-refractivity contribution is 14.1. The molecule has 0 atom stereocenters. The first kappa shape index (κ1) is 8.89. The van der Waals surface area contributed by atoms with Crippen molar-refractivity contribution in [3.8, 4) is 0 Å². The third-order valence-corrected chi connectivity index (χ3v) is 2.13. The number of halogens is 1. The molecular weight excluding hydrogens is 255 g/mol. The smallest absolute Gasteiger partial charge is 0.160 e. The molecule has 0 fully saturated rings. The summed E-state index contributed by atoms with van der Waals surface area (Å²) in [5.41, 5.74) is 0. The van der Waals surface area contributed by atoms with Gasteiger partial charge in [0.2, 0.25) is 0 Å². The number of aryl methyl sites for hydroxylation is 1. The molecule has 11 heavy (non-hydrogen) atoms. The fraction of sp³-hybridized carbons (Fsp3) is 0.833. The zero-order valence-electron chi connectivity index (χ0n) is 6.50. The fourth-order valence-electron chi connectivity index (χ4n) is 0.801. The minimum absolute atomic E-state index is 0.883. The summed E-state index contributed by atoms with van der Waals surface area (Å²) < 4.78 is 2.75. The van der Waals surface area contributed by atoms with Gasteiger partial charge in [-0.1, -0.05) is 35.9 Å². The van der Waals surface area contributed by atoms with Crippen LogP contribution in [-0.4, -0.2) is 20.2 Å². The van der Waals surface area contributed by atoms with Gasteiger partial charge in [0.25, 0.3) is 0 Å². The van der Waals surface area contributed by atoms with Gasteiger partial charge in [-0.3, -0.25) is 0 Å². The first-order valence-electron chi connectivity index (χ1n) is 3.69. The lowest BCUT2D eigenvalue weighted by molar-refractivity contribution is 0.541. The molecule has 1 heterocycles. The van der Waals surface area contributed by atoms with Crippen LogP contribution in [0.15, 0.2) is 0 Å². The molecule has 0 spiro atoms. The maximum absolute atomic E-state index is 3.88. The number of rotatable bonds is 4. The first-order valence-corrected chi connectivity index (χ1v) is 5.22. The molecule has 0 aliphatic rings. The van der Waals surface area contributed by atoms with Crippen molar-refractivity contribution in [2.45, 2.75) is 30.7 Å². The normalized spacial score (nSPS) is 10.4. The summed E-state index contributed by atoms with van der Waals surface area (Å²) in [6.07, 6.45) is 2.33. The second-order valence-electron chi connectivity index (χ2n) is 2.31. The molecule has 0 saturated carbocycles. The Balaban J connectivity index is 2.54. The highest BCUT2D eigenvalue weighted by Crippen LogP contribution is 2.01. The zero-order chi connectivity index (χ0) is 8.10. The molecule has 0 saturated heterocycles. The highest BCUT2D eigenvalue weighted by atomic mass is 127. The van der Waals surface area contributed by atoms with Crippen LogP contribution in [-0.2, 0) is 11.0 Å². The van der Waals surface area contributed by atoms with Crippen LogP contribution in [0.4, 0.5) is 0 Å². The van der Waals surface area contributed by atoms with Gasteiger partial charge in [-0.25, -0.2) is 4.68 Å². The fourth-order valence-corrected chi connectivity index (χ4v) is 1.35. The molecule has 0 unspecified atom stereocenters. The lowest BCUT2D eigenvalue weighted by atomic mass is 10.3. The number of tetrazole rings is 1. The van der Waals surface area contributed by atoms with E-state index in [1.165, 1.54) is 6.42 Å². The quantitative estimate of drug-likeness (QED) is 0.611. The second kappa shape index (κ2) is 4.63. The highest BCUT2D eigenvalue weighted by Gasteiger charge is 2.01. The van der Waals surface area contributed by atoms with Crippen LogP contribution in [0.5, 0.6) is 0 Å². The maximum Gasteiger partial charge on any atom is 0.160 e. The minimum atomic E-state index is 0.883. The van der Waals surface area contributed by atoms with Crippen molar-refractivity contribution in [3.63, 3.8) is 0 Å². The summed E-state index contributed by atoms with van der Waals surface area (Å²) in [4.78, 5) is 0. The van der Waals surface area contributed by atoms with Crippen LogP contribution in [0.1, 0.15) is 25.6 Å². The van der Waals surface area contributed by atoms with Crippen LogP contribution < -0.4 is 0 Å². The molecule has 0 N–H and O–H groups in total. The van der Waals surface area contributed by atoms with E-state index in [0.29, 0.717) is 0 Å². The predicted octanol–water partition coefficient (Wildman–Crippen LogP) is 1.41. The van der Waals surface area contributed by atoms with Gasteiger partial charge in [-0.2, -0.15) is 0 Å². The molecule has 62 valence electrons. The van der Waals surface area contributed by atoms with Crippen LogP contribution in [0.3, 0.4) is 0 Å². The Labute approximate surface area is 79.5 Å². The molecule has 1 rings (SSSR count). The standard InChI is InChI=1S/C6H11IN4/c1-2-3-4-11-6(5-7)8-9-10-11/h2-5H2,1H3. The molecule has 0 amide bonds. The Morgan fingerprint density at radius 2 is 2.36 bits per heavy atom. The number of nitrogens with zero attached hydrogens (tertiary/aromatic N) is 4. The molecule has 0 aliphatic carbocycles. The number of hydrogen-bond acceptors (Lipinski definition) is 3. The van der Waals surface area contributed by atoms with Gasteiger partial charge in [0.15, 0.2) is 5.82 Å². The monoisotopic (exact) mass is 266 g/mol. The molecule has 0 bridgehead atoms. The molecule has 0 aliphatic heterocycles. The van der Waals surface area contributed by atoms with E-state index < -0.39 is 0 Å². The van der Waals surface area contributed by atoms with Crippen molar-refractivity contribution >= 4 is 22.6 Å². The lowest BCUT2D eigenvalue weighted by Gasteiger charge is -1.98. The molecule has 1 aromatic rings. The summed E-state index contributed by atoms with van der Waals surface area (Å²) in [6, 6.07) is 0. The Kier molecular flexibility index (Phi) is 3.74. The Morgan fingerprint density at radius 1 is 1.55 bits per heavy atom. The summed E-state index contributed by atoms with van der Waals surface area (Å²) in [7, 11) is 0. The van der Waals surface area contributed by atoms with Crippen molar-refractivity contribution in [3.05, 3.63) is 5.82 Å². The molecule has 0 radical (unpaired) electrons. The average molecular weight is 266 g/mol. The van der Waals surface area contributed by atoms with Crippen molar-refractivity contribution in [2.24, 2.45) is 0 Å². The first-order chi connectivity index (χ1) is 5.38. The third-order valence-electron chi connectivity index (χ3n) is 1.45. The van der Waals surface area contributed by atoms with E-state index >= 15 is 0 Å². The average Bonchev–Trinajstić information content (AvgIpc) is 2.47.